The van der Waals surface area contributed by atoms with Crippen LogP contribution in [0.2, 0.25) is 0 Å². The van der Waals surface area contributed by atoms with E-state index in [0.29, 0.717) is 6.07 Å². The summed E-state index contributed by atoms with van der Waals surface area (Å²) in [5, 5.41) is 0. The third-order valence-corrected chi connectivity index (χ3v) is 4.44. The molecule has 0 saturated heterocycles. The maximum Gasteiger partial charge on any atom is 0.243 e. The Labute approximate surface area is 107 Å². The number of aryl methyl sites for hydroxylation is 1. The van der Waals surface area contributed by atoms with Crippen LogP contribution in [-0.4, -0.2) is 31.2 Å². The molecule has 0 aliphatic heterocycles. The molecule has 0 saturated carbocycles. The molecule has 0 spiro atoms. The van der Waals surface area contributed by atoms with E-state index < -0.39 is 37.4 Å². The molecule has 4 nitrogen and oxygen atoms in total. The molecule has 1 atom stereocenters. The van der Waals surface area contributed by atoms with Gasteiger partial charge in [0, 0.05) is 35.4 Å². The zero-order valence-corrected chi connectivity index (χ0v) is 11.5. The minimum atomic E-state index is -4.05. The van der Waals surface area contributed by atoms with Crippen LogP contribution in [0.1, 0.15) is 5.56 Å². The van der Waals surface area contributed by atoms with Crippen LogP contribution in [0.5, 0.6) is 0 Å². The third-order valence-electron chi connectivity index (χ3n) is 2.18. The standard InChI is InChI=1S/C10H13F2NO3S2/c1-7-5-10(9(12)6-8(7)11)18(15,16)13-3-4-17(2)14/h5-6,13H,3-4H2,1-2H3/t17-/m0/s1. The van der Waals surface area contributed by atoms with Crippen molar-refractivity contribution in [2.75, 3.05) is 18.6 Å². The van der Waals surface area contributed by atoms with Crippen LogP contribution < -0.4 is 4.72 Å². The van der Waals surface area contributed by atoms with E-state index in [4.69, 9.17) is 0 Å². The fourth-order valence-corrected chi connectivity index (χ4v) is 2.93. The molecule has 102 valence electrons. The predicted molar refractivity (Wildman–Crippen MR) is 65.2 cm³/mol. The van der Waals surface area contributed by atoms with E-state index in [1.807, 2.05) is 0 Å². The number of rotatable bonds is 5. The van der Waals surface area contributed by atoms with Crippen molar-refractivity contribution in [2.24, 2.45) is 0 Å². The smallest absolute Gasteiger partial charge is 0.243 e. The predicted octanol–water partition coefficient (Wildman–Crippen LogP) is 0.930. The van der Waals surface area contributed by atoms with Gasteiger partial charge >= 0.3 is 0 Å². The number of hydrogen-bond acceptors (Lipinski definition) is 3. The molecule has 1 N–H and O–H groups in total. The summed E-state index contributed by atoms with van der Waals surface area (Å²) in [7, 11) is -5.20. The summed E-state index contributed by atoms with van der Waals surface area (Å²) in [5.74, 6) is -1.83. The highest BCUT2D eigenvalue weighted by atomic mass is 32.2. The quantitative estimate of drug-likeness (QED) is 0.879. The van der Waals surface area contributed by atoms with E-state index in [0.717, 1.165) is 6.07 Å². The highest BCUT2D eigenvalue weighted by Crippen LogP contribution is 2.18. The largest absolute Gasteiger partial charge is 0.260 e. The van der Waals surface area contributed by atoms with Gasteiger partial charge in [-0.05, 0) is 18.6 Å². The number of hydrogen-bond donors (Lipinski definition) is 1. The maximum absolute atomic E-state index is 13.4. The van der Waals surface area contributed by atoms with Gasteiger partial charge < -0.3 is 0 Å². The fourth-order valence-electron chi connectivity index (χ4n) is 1.23. The van der Waals surface area contributed by atoms with Gasteiger partial charge in [-0.25, -0.2) is 21.9 Å². The molecule has 0 unspecified atom stereocenters. The molecule has 1 aromatic rings. The summed E-state index contributed by atoms with van der Waals surface area (Å²) in [4.78, 5) is -0.608. The summed E-state index contributed by atoms with van der Waals surface area (Å²) < 4.78 is 62.7. The molecule has 0 aliphatic carbocycles. The molecule has 1 rings (SSSR count). The molecular weight excluding hydrogens is 284 g/mol. The van der Waals surface area contributed by atoms with E-state index in [1.54, 1.807) is 0 Å². The van der Waals surface area contributed by atoms with Crippen molar-refractivity contribution in [3.8, 4) is 0 Å². The number of nitrogens with one attached hydrogen (secondary N) is 1. The van der Waals surface area contributed by atoms with E-state index in [9.17, 15) is 21.4 Å². The summed E-state index contributed by atoms with van der Waals surface area (Å²) in [5.41, 5.74) is 0.0378. The topological polar surface area (TPSA) is 63.2 Å². The minimum absolute atomic E-state index is 0.0378. The Kier molecular flexibility index (Phi) is 4.94. The third kappa shape index (κ3) is 3.82. The van der Waals surface area contributed by atoms with Crippen molar-refractivity contribution in [2.45, 2.75) is 11.8 Å². The first kappa shape index (κ1) is 15.2. The SMILES string of the molecule is Cc1cc(S(=O)(=O)NCC[S@](C)=O)c(F)cc1F. The van der Waals surface area contributed by atoms with E-state index >= 15 is 0 Å². The van der Waals surface area contributed by atoms with Gasteiger partial charge in [0.15, 0.2) is 0 Å². The van der Waals surface area contributed by atoms with Gasteiger partial charge in [0.2, 0.25) is 10.0 Å². The Morgan fingerprint density at radius 3 is 2.44 bits per heavy atom. The average molecular weight is 297 g/mol. The second kappa shape index (κ2) is 5.85. The highest BCUT2D eigenvalue weighted by Gasteiger charge is 2.20. The van der Waals surface area contributed by atoms with E-state index in [-0.39, 0.29) is 17.9 Å². The van der Waals surface area contributed by atoms with Crippen LogP contribution >= 0.6 is 0 Å². The zero-order chi connectivity index (χ0) is 13.9. The van der Waals surface area contributed by atoms with Gasteiger partial charge in [0.1, 0.15) is 16.5 Å². The van der Waals surface area contributed by atoms with Crippen LogP contribution in [0.3, 0.4) is 0 Å². The number of halogens is 2. The molecular formula is C10H13F2NO3S2. The van der Waals surface area contributed by atoms with Crippen molar-refractivity contribution < 1.29 is 21.4 Å². The molecule has 0 amide bonds. The van der Waals surface area contributed by atoms with Gasteiger partial charge in [0.05, 0.1) is 0 Å². The first-order valence-corrected chi connectivity index (χ1v) is 8.20. The van der Waals surface area contributed by atoms with Gasteiger partial charge in [-0.1, -0.05) is 0 Å². The lowest BCUT2D eigenvalue weighted by Crippen LogP contribution is -2.28. The average Bonchev–Trinajstić information content (AvgIpc) is 2.22. The molecule has 0 heterocycles. The highest BCUT2D eigenvalue weighted by molar-refractivity contribution is 7.89. The summed E-state index contributed by atoms with van der Waals surface area (Å²) in [6.45, 7) is 1.27. The summed E-state index contributed by atoms with van der Waals surface area (Å²) >= 11 is 0. The van der Waals surface area contributed by atoms with Crippen LogP contribution in [0.15, 0.2) is 17.0 Å². The lowest BCUT2D eigenvalue weighted by molar-refractivity contribution is 0.541. The van der Waals surface area contributed by atoms with Gasteiger partial charge in [-0.2, -0.15) is 0 Å². The van der Waals surface area contributed by atoms with Crippen LogP contribution in [0, 0.1) is 18.6 Å². The molecule has 8 heteroatoms. The number of benzene rings is 1. The lowest BCUT2D eigenvalue weighted by Gasteiger charge is -2.08. The summed E-state index contributed by atoms with van der Waals surface area (Å²) in [6.07, 6.45) is 1.43. The Morgan fingerprint density at radius 2 is 1.89 bits per heavy atom. The van der Waals surface area contributed by atoms with E-state index in [1.165, 1.54) is 13.2 Å². The molecule has 0 aromatic heterocycles. The fraction of sp³-hybridized carbons (Fsp3) is 0.400. The van der Waals surface area contributed by atoms with Crippen molar-refractivity contribution in [1.82, 2.24) is 4.72 Å². The minimum Gasteiger partial charge on any atom is -0.260 e. The summed E-state index contributed by atoms with van der Waals surface area (Å²) in [6, 6.07) is 1.46. The first-order valence-electron chi connectivity index (χ1n) is 4.99. The van der Waals surface area contributed by atoms with Gasteiger partial charge in [0.25, 0.3) is 0 Å². The van der Waals surface area contributed by atoms with Crippen LogP contribution in [-0.2, 0) is 20.8 Å². The van der Waals surface area contributed by atoms with Gasteiger partial charge in [-0.15, -0.1) is 0 Å². The Morgan fingerprint density at radius 1 is 1.28 bits per heavy atom. The molecule has 1 aromatic carbocycles. The second-order valence-corrected chi connectivity index (χ2v) is 7.00. The second-order valence-electron chi connectivity index (χ2n) is 3.71. The molecule has 18 heavy (non-hydrogen) atoms. The Hall–Kier alpha value is -0.860. The number of sulfonamides is 1. The van der Waals surface area contributed by atoms with E-state index in [2.05, 4.69) is 4.72 Å². The molecule has 0 radical (unpaired) electrons. The van der Waals surface area contributed by atoms with Crippen molar-refractivity contribution in [3.63, 3.8) is 0 Å². The Balaban J connectivity index is 2.98. The Bertz CT molecular complexity index is 573. The molecule has 0 aliphatic rings. The van der Waals surface area contributed by atoms with Crippen molar-refractivity contribution in [3.05, 3.63) is 29.3 Å². The normalized spacial score (nSPS) is 13.6. The lowest BCUT2D eigenvalue weighted by atomic mass is 10.2. The van der Waals surface area contributed by atoms with Gasteiger partial charge in [-0.3, -0.25) is 4.21 Å². The molecule has 0 fully saturated rings. The monoisotopic (exact) mass is 297 g/mol. The van der Waals surface area contributed by atoms with Crippen LogP contribution in [0.4, 0.5) is 8.78 Å². The van der Waals surface area contributed by atoms with Crippen LogP contribution in [0.25, 0.3) is 0 Å². The maximum atomic E-state index is 13.4. The van der Waals surface area contributed by atoms with Crippen molar-refractivity contribution >= 4 is 20.8 Å². The molecule has 0 bridgehead atoms. The zero-order valence-electron chi connectivity index (χ0n) is 9.87. The van der Waals surface area contributed by atoms with Crippen molar-refractivity contribution in [1.29, 1.82) is 0 Å². The first-order chi connectivity index (χ1) is 8.24.